The van der Waals surface area contributed by atoms with Gasteiger partial charge in [-0.1, -0.05) is 54.6 Å². The molecule has 47 heavy (non-hydrogen) atoms. The van der Waals surface area contributed by atoms with Crippen LogP contribution in [0.25, 0.3) is 0 Å². The summed E-state index contributed by atoms with van der Waals surface area (Å²) in [7, 11) is 4.66. The number of carbonyl (C=O) groups excluding carboxylic acids is 2. The van der Waals surface area contributed by atoms with Crippen molar-refractivity contribution in [3.8, 4) is 17.2 Å². The van der Waals surface area contributed by atoms with Crippen molar-refractivity contribution >= 4 is 11.9 Å². The molecule has 3 aromatic carbocycles. The number of benzene rings is 3. The van der Waals surface area contributed by atoms with Crippen LogP contribution >= 0.6 is 0 Å². The summed E-state index contributed by atoms with van der Waals surface area (Å²) in [6.07, 6.45) is -2.34. The Morgan fingerprint density at radius 3 is 1.94 bits per heavy atom. The Morgan fingerprint density at radius 1 is 0.872 bits per heavy atom. The third-order valence-corrected chi connectivity index (χ3v) is 9.11. The number of rotatable bonds is 13. The summed E-state index contributed by atoms with van der Waals surface area (Å²) in [6.45, 7) is 3.54. The molecular weight excluding hydrogens is 604 g/mol. The maximum atomic E-state index is 13.7. The Balaban J connectivity index is 1.55. The molecule has 0 spiro atoms. The fraction of sp³-hybridized carbons (Fsp3) is 0.444. The van der Waals surface area contributed by atoms with Crippen LogP contribution in [0, 0.1) is 5.41 Å². The quantitative estimate of drug-likeness (QED) is 0.252. The van der Waals surface area contributed by atoms with Crippen LogP contribution in [0.1, 0.15) is 37.0 Å². The number of hydrogen-bond acceptors (Lipinski definition) is 9. The van der Waals surface area contributed by atoms with Gasteiger partial charge in [-0.05, 0) is 55.2 Å². The normalized spacial score (nSPS) is 26.5. The summed E-state index contributed by atoms with van der Waals surface area (Å²) < 4.78 is 29.5. The van der Waals surface area contributed by atoms with Crippen molar-refractivity contribution in [1.29, 1.82) is 0 Å². The van der Waals surface area contributed by atoms with Gasteiger partial charge in [-0.2, -0.15) is 0 Å². The van der Waals surface area contributed by atoms with Gasteiger partial charge in [0.25, 0.3) is 5.91 Å². The summed E-state index contributed by atoms with van der Waals surface area (Å²) >= 11 is 0. The maximum Gasteiger partial charge on any atom is 0.328 e. The van der Waals surface area contributed by atoms with Crippen LogP contribution in [0.5, 0.6) is 17.2 Å². The maximum absolute atomic E-state index is 13.7. The second-order valence-electron chi connectivity index (χ2n) is 12.4. The van der Waals surface area contributed by atoms with Gasteiger partial charge in [0.1, 0.15) is 29.0 Å². The third kappa shape index (κ3) is 6.80. The molecule has 0 bridgehead atoms. The van der Waals surface area contributed by atoms with Gasteiger partial charge in [-0.3, -0.25) is 15.0 Å². The Bertz CT molecular complexity index is 1580. The highest BCUT2D eigenvalue weighted by Gasteiger charge is 2.64. The van der Waals surface area contributed by atoms with Crippen molar-refractivity contribution in [3.05, 3.63) is 89.5 Å². The number of nitrogens with zero attached hydrogens (tertiary/aromatic N) is 1. The van der Waals surface area contributed by atoms with E-state index in [0.29, 0.717) is 28.4 Å². The minimum Gasteiger partial charge on any atom is -0.496 e. The number of aliphatic hydroxyl groups excluding tert-OH is 1. The number of ether oxygens (including phenoxy) is 5. The van der Waals surface area contributed by atoms with Crippen molar-refractivity contribution in [3.63, 3.8) is 0 Å². The first-order chi connectivity index (χ1) is 22.5. The molecule has 2 aliphatic heterocycles. The van der Waals surface area contributed by atoms with Gasteiger partial charge in [0, 0.05) is 26.0 Å². The lowest BCUT2D eigenvalue weighted by Crippen LogP contribution is -2.67. The van der Waals surface area contributed by atoms with E-state index >= 15 is 0 Å². The first kappa shape index (κ1) is 34.2. The highest BCUT2D eigenvalue weighted by atomic mass is 16.7. The molecule has 252 valence electrons. The Kier molecular flexibility index (Phi) is 10.1. The number of methoxy groups -OCH3 is 3. The molecule has 11 nitrogen and oxygen atoms in total. The highest BCUT2D eigenvalue weighted by molar-refractivity contribution is 6.00. The number of urea groups is 1. The van der Waals surface area contributed by atoms with Crippen LogP contribution in [0.4, 0.5) is 4.79 Å². The van der Waals surface area contributed by atoms with Gasteiger partial charge in [0.05, 0.1) is 39.3 Å². The van der Waals surface area contributed by atoms with E-state index in [2.05, 4.69) is 5.32 Å². The first-order valence-corrected chi connectivity index (χ1v) is 15.7. The van der Waals surface area contributed by atoms with Crippen LogP contribution in [-0.2, 0) is 33.5 Å². The largest absolute Gasteiger partial charge is 0.496 e. The van der Waals surface area contributed by atoms with E-state index in [1.54, 1.807) is 47.3 Å². The van der Waals surface area contributed by atoms with Crippen LogP contribution in [0.3, 0.4) is 0 Å². The summed E-state index contributed by atoms with van der Waals surface area (Å²) in [5, 5.41) is 26.9. The van der Waals surface area contributed by atoms with Crippen LogP contribution in [0.2, 0.25) is 0 Å². The highest BCUT2D eigenvalue weighted by Crippen LogP contribution is 2.48. The summed E-state index contributed by atoms with van der Waals surface area (Å²) in [4.78, 5) is 28.4. The molecule has 3 amide bonds. The molecule has 2 unspecified atom stereocenters. The molecule has 5 rings (SSSR count). The van der Waals surface area contributed by atoms with Gasteiger partial charge in [-0.15, -0.1) is 0 Å². The first-order valence-electron chi connectivity index (χ1n) is 15.7. The number of nitrogens with one attached hydrogen (secondary N) is 1. The second kappa shape index (κ2) is 13.9. The van der Waals surface area contributed by atoms with Crippen LogP contribution in [-0.4, -0.2) is 85.3 Å². The number of carbonyl (C=O) groups is 2. The Labute approximate surface area is 275 Å². The molecule has 2 heterocycles. The predicted molar refractivity (Wildman–Crippen MR) is 173 cm³/mol. The van der Waals surface area contributed by atoms with Gasteiger partial charge in [0.2, 0.25) is 5.91 Å². The minimum absolute atomic E-state index is 0.0202. The number of para-hydroxylation sites is 3. The monoisotopic (exact) mass is 648 g/mol. The van der Waals surface area contributed by atoms with E-state index < -0.39 is 41.1 Å². The van der Waals surface area contributed by atoms with Gasteiger partial charge >= 0.3 is 6.03 Å². The number of aliphatic hydroxyl groups is 2. The Morgan fingerprint density at radius 2 is 1.38 bits per heavy atom. The van der Waals surface area contributed by atoms with Crippen molar-refractivity contribution in [2.45, 2.75) is 63.3 Å². The fourth-order valence-corrected chi connectivity index (χ4v) is 6.86. The Hall–Kier alpha value is -4.16. The molecule has 2 fully saturated rings. The zero-order chi connectivity index (χ0) is 33.8. The molecule has 0 radical (unpaired) electrons. The fourth-order valence-electron chi connectivity index (χ4n) is 6.86. The molecule has 3 N–H and O–H groups in total. The summed E-state index contributed by atoms with van der Waals surface area (Å²) in [5.74, 6) is -0.530. The average molecular weight is 649 g/mol. The SMILES string of the molecule is CCO[C@]1(N2CC(C)(Cc3ccccc3OC)C(=O)NC2=O)C[C@@](O)(Cc2ccccc2OC)[C@@H](C(O)Cc2ccccc2OC)O1. The van der Waals surface area contributed by atoms with E-state index in [1.807, 2.05) is 60.7 Å². The van der Waals surface area contributed by atoms with Crippen LogP contribution in [0.15, 0.2) is 72.8 Å². The molecule has 0 aliphatic carbocycles. The van der Waals surface area contributed by atoms with E-state index in [9.17, 15) is 19.8 Å². The van der Waals surface area contributed by atoms with E-state index in [0.717, 1.165) is 5.56 Å². The molecular formula is C36H44N2O9. The molecule has 11 heteroatoms. The number of hydrogen-bond donors (Lipinski definition) is 3. The number of amides is 3. The summed E-state index contributed by atoms with van der Waals surface area (Å²) in [5.41, 5.74) is -0.679. The van der Waals surface area contributed by atoms with Gasteiger partial charge in [-0.25, -0.2) is 4.79 Å². The van der Waals surface area contributed by atoms with Crippen molar-refractivity contribution in [1.82, 2.24) is 10.2 Å². The lowest BCUT2D eigenvalue weighted by molar-refractivity contribution is -0.303. The topological polar surface area (TPSA) is 136 Å². The zero-order valence-electron chi connectivity index (χ0n) is 27.5. The zero-order valence-corrected chi connectivity index (χ0v) is 27.5. The van der Waals surface area contributed by atoms with Crippen molar-refractivity contribution < 1.29 is 43.5 Å². The van der Waals surface area contributed by atoms with Crippen molar-refractivity contribution in [2.24, 2.45) is 5.41 Å². The molecule has 0 aromatic heterocycles. The van der Waals surface area contributed by atoms with Crippen LogP contribution < -0.4 is 19.5 Å². The number of imide groups is 1. The predicted octanol–water partition coefficient (Wildman–Crippen LogP) is 3.87. The molecule has 0 saturated carbocycles. The summed E-state index contributed by atoms with van der Waals surface area (Å²) in [6, 6.07) is 21.2. The molecule has 2 aliphatic rings. The van der Waals surface area contributed by atoms with Gasteiger partial charge in [0.15, 0.2) is 0 Å². The lowest BCUT2D eigenvalue weighted by atomic mass is 9.79. The second-order valence-corrected chi connectivity index (χ2v) is 12.4. The van der Waals surface area contributed by atoms with E-state index in [4.69, 9.17) is 23.7 Å². The average Bonchev–Trinajstić information content (AvgIpc) is 3.36. The smallest absolute Gasteiger partial charge is 0.328 e. The third-order valence-electron chi connectivity index (χ3n) is 9.11. The van der Waals surface area contributed by atoms with Gasteiger partial charge < -0.3 is 33.9 Å². The van der Waals surface area contributed by atoms with E-state index in [-0.39, 0.29) is 38.8 Å². The molecule has 3 aromatic rings. The standard InChI is InChI=1S/C36H44N2O9/c1-6-46-36(38-23-34(2,32(40)37-33(38)41)20-25-14-8-11-17-29(25)44-4)22-35(42,21-26-15-9-12-18-30(26)45-5)31(47-36)27(39)19-24-13-7-10-16-28(24)43-3/h7-18,27,31,39,42H,6,19-23H2,1-5H3,(H,37,40,41)/t27?,31-,34?,35+,36-/m1/s1. The lowest BCUT2D eigenvalue weighted by Gasteiger charge is -2.47. The van der Waals surface area contributed by atoms with E-state index in [1.165, 1.54) is 4.90 Å². The minimum atomic E-state index is -1.83. The molecule has 5 atom stereocenters. The van der Waals surface area contributed by atoms with Crippen molar-refractivity contribution in [2.75, 3.05) is 34.5 Å². The molecule has 2 saturated heterocycles.